The molecule has 132 valence electrons. The van der Waals surface area contributed by atoms with Gasteiger partial charge in [-0.3, -0.25) is 4.40 Å². The molecule has 5 rings (SSSR count). The predicted octanol–water partition coefficient (Wildman–Crippen LogP) is 6.36. The molecule has 1 saturated carbocycles. The maximum Gasteiger partial charge on any atom is 0.197 e. The van der Waals surface area contributed by atoms with Gasteiger partial charge in [0.2, 0.25) is 0 Å². The third-order valence-corrected chi connectivity index (χ3v) is 6.39. The molecule has 0 bridgehead atoms. The molecule has 6 heteroatoms. The van der Waals surface area contributed by atoms with Crippen molar-refractivity contribution < 1.29 is 4.39 Å². The zero-order chi connectivity index (χ0) is 17.7. The van der Waals surface area contributed by atoms with Crippen LogP contribution in [0.5, 0.6) is 0 Å². The molecule has 0 amide bonds. The number of para-hydroxylation sites is 1. The van der Waals surface area contributed by atoms with Gasteiger partial charge in [0.25, 0.3) is 0 Å². The van der Waals surface area contributed by atoms with Gasteiger partial charge in [0.1, 0.15) is 17.3 Å². The van der Waals surface area contributed by atoms with Crippen LogP contribution in [0, 0.1) is 5.82 Å². The van der Waals surface area contributed by atoms with E-state index in [2.05, 4.69) is 21.9 Å². The van der Waals surface area contributed by atoms with Crippen molar-refractivity contribution in [2.75, 3.05) is 5.32 Å². The average molecular weight is 386 g/mol. The number of hydrogen-bond donors (Lipinski definition) is 1. The van der Waals surface area contributed by atoms with Gasteiger partial charge < -0.3 is 5.32 Å². The maximum absolute atomic E-state index is 14.6. The molecule has 0 saturated heterocycles. The second-order valence-corrected chi connectivity index (χ2v) is 8.14. The molecule has 1 aliphatic carbocycles. The van der Waals surface area contributed by atoms with E-state index in [1.54, 1.807) is 23.5 Å². The molecule has 1 fully saturated rings. The van der Waals surface area contributed by atoms with Crippen molar-refractivity contribution in [3.05, 3.63) is 53.3 Å². The molecule has 2 aromatic carbocycles. The van der Waals surface area contributed by atoms with Gasteiger partial charge in [0, 0.05) is 6.04 Å². The average Bonchev–Trinajstić information content (AvgIpc) is 3.32. The van der Waals surface area contributed by atoms with Gasteiger partial charge in [-0.25, -0.2) is 9.37 Å². The van der Waals surface area contributed by atoms with E-state index in [1.165, 1.54) is 18.9 Å². The molecule has 2 aromatic heterocycles. The Labute approximate surface area is 159 Å². The monoisotopic (exact) mass is 385 g/mol. The minimum Gasteiger partial charge on any atom is -0.367 e. The second-order valence-electron chi connectivity index (χ2n) is 6.72. The maximum atomic E-state index is 14.6. The Bertz CT molecular complexity index is 1090. The zero-order valence-corrected chi connectivity index (χ0v) is 15.6. The van der Waals surface area contributed by atoms with Crippen molar-refractivity contribution in [1.82, 2.24) is 9.38 Å². The first-order chi connectivity index (χ1) is 12.7. The smallest absolute Gasteiger partial charge is 0.197 e. The number of nitrogens with zero attached hydrogens (tertiary/aromatic N) is 2. The fraction of sp³-hybridized carbons (Fsp3) is 0.250. The van der Waals surface area contributed by atoms with E-state index in [-0.39, 0.29) is 5.82 Å². The highest BCUT2D eigenvalue weighted by Gasteiger charge is 2.25. The van der Waals surface area contributed by atoms with E-state index in [0.717, 1.165) is 33.8 Å². The van der Waals surface area contributed by atoms with E-state index in [1.807, 2.05) is 12.1 Å². The van der Waals surface area contributed by atoms with Crippen molar-refractivity contribution in [2.24, 2.45) is 0 Å². The minimum atomic E-state index is -0.345. The highest BCUT2D eigenvalue weighted by molar-refractivity contribution is 7.23. The summed E-state index contributed by atoms with van der Waals surface area (Å²) >= 11 is 7.96. The molecule has 0 radical (unpaired) electrons. The molecule has 3 nitrogen and oxygen atoms in total. The Hall–Kier alpha value is -2.11. The van der Waals surface area contributed by atoms with Gasteiger partial charge in [-0.1, -0.05) is 54.0 Å². The second kappa shape index (κ2) is 6.25. The molecular formula is C20H17ClFN3S. The first-order valence-electron chi connectivity index (χ1n) is 8.83. The van der Waals surface area contributed by atoms with Crippen LogP contribution in [-0.4, -0.2) is 15.4 Å². The number of benzene rings is 2. The number of imidazole rings is 1. The number of fused-ring (bicyclic) bond motifs is 3. The summed E-state index contributed by atoms with van der Waals surface area (Å²) in [5.41, 5.74) is 2.05. The molecular weight excluding hydrogens is 369 g/mol. The van der Waals surface area contributed by atoms with Crippen LogP contribution in [0.1, 0.15) is 25.7 Å². The lowest BCUT2D eigenvalue weighted by atomic mass is 10.1. The predicted molar refractivity (Wildman–Crippen MR) is 107 cm³/mol. The zero-order valence-electron chi connectivity index (χ0n) is 14.0. The summed E-state index contributed by atoms with van der Waals surface area (Å²) in [5.74, 6) is 0.499. The molecule has 0 aliphatic heterocycles. The summed E-state index contributed by atoms with van der Waals surface area (Å²) in [5, 5.41) is 4.03. The molecule has 4 aromatic rings. The van der Waals surface area contributed by atoms with Crippen molar-refractivity contribution in [1.29, 1.82) is 0 Å². The van der Waals surface area contributed by atoms with Crippen LogP contribution in [0.3, 0.4) is 0 Å². The normalized spacial score (nSPS) is 15.3. The number of thiazole rings is 1. The van der Waals surface area contributed by atoms with Crippen molar-refractivity contribution in [3.8, 4) is 11.3 Å². The Morgan fingerprint density at radius 1 is 1.12 bits per heavy atom. The van der Waals surface area contributed by atoms with Crippen LogP contribution in [0.4, 0.5) is 10.2 Å². The van der Waals surface area contributed by atoms with Gasteiger partial charge in [0.05, 0.1) is 20.8 Å². The van der Waals surface area contributed by atoms with Crippen molar-refractivity contribution in [3.63, 3.8) is 0 Å². The third-order valence-electron chi connectivity index (χ3n) is 5.05. The highest BCUT2D eigenvalue weighted by Crippen LogP contribution is 2.40. The number of aromatic nitrogens is 2. The third kappa shape index (κ3) is 2.49. The topological polar surface area (TPSA) is 29.3 Å². The summed E-state index contributed by atoms with van der Waals surface area (Å²) in [6, 6.07) is 13.4. The number of anilines is 1. The molecule has 1 aliphatic rings. The van der Waals surface area contributed by atoms with Crippen molar-refractivity contribution >= 4 is 43.9 Å². The highest BCUT2D eigenvalue weighted by atomic mass is 35.5. The van der Waals surface area contributed by atoms with Gasteiger partial charge in [-0.15, -0.1) is 0 Å². The number of halogens is 2. The standard InChI is InChI=1S/C20H17ClFN3S/c21-13-8-5-9-14(22)17(13)18-19(23-12-6-1-2-7-12)25-15-10-3-4-11-16(15)26-20(25)24-18/h3-5,8-12,23H,1-2,6-7H2. The Morgan fingerprint density at radius 3 is 2.73 bits per heavy atom. The van der Waals surface area contributed by atoms with Crippen LogP contribution >= 0.6 is 22.9 Å². The Balaban J connectivity index is 1.79. The summed E-state index contributed by atoms with van der Waals surface area (Å²) in [6.45, 7) is 0. The van der Waals surface area contributed by atoms with E-state index in [4.69, 9.17) is 16.6 Å². The van der Waals surface area contributed by atoms with E-state index in [0.29, 0.717) is 22.3 Å². The molecule has 26 heavy (non-hydrogen) atoms. The molecule has 0 spiro atoms. The fourth-order valence-corrected chi connectivity index (χ4v) is 5.09. The quantitative estimate of drug-likeness (QED) is 0.444. The molecule has 1 N–H and O–H groups in total. The number of rotatable bonds is 3. The van der Waals surface area contributed by atoms with E-state index >= 15 is 0 Å². The van der Waals surface area contributed by atoms with Crippen molar-refractivity contribution in [2.45, 2.75) is 31.7 Å². The SMILES string of the molecule is Fc1cccc(Cl)c1-c1nc2sc3ccccc3n2c1NC1CCCC1. The Morgan fingerprint density at radius 2 is 1.92 bits per heavy atom. The van der Waals surface area contributed by atoms with Crippen LogP contribution in [-0.2, 0) is 0 Å². The first-order valence-corrected chi connectivity index (χ1v) is 10.0. The summed E-state index contributed by atoms with van der Waals surface area (Å²) in [4.78, 5) is 5.63. The molecule has 0 unspecified atom stereocenters. The summed E-state index contributed by atoms with van der Waals surface area (Å²) in [6.07, 6.45) is 4.69. The number of nitrogens with one attached hydrogen (secondary N) is 1. The largest absolute Gasteiger partial charge is 0.367 e. The van der Waals surface area contributed by atoms with Crippen LogP contribution in [0.2, 0.25) is 5.02 Å². The van der Waals surface area contributed by atoms with Crippen LogP contribution in [0.15, 0.2) is 42.5 Å². The lowest BCUT2D eigenvalue weighted by Gasteiger charge is -2.15. The minimum absolute atomic E-state index is 0.345. The van der Waals surface area contributed by atoms with Gasteiger partial charge in [-0.05, 0) is 37.1 Å². The summed E-state index contributed by atoms with van der Waals surface area (Å²) in [7, 11) is 0. The number of hydrogen-bond acceptors (Lipinski definition) is 3. The van der Waals surface area contributed by atoms with E-state index < -0.39 is 0 Å². The lowest BCUT2D eigenvalue weighted by Crippen LogP contribution is -2.16. The van der Waals surface area contributed by atoms with E-state index in [9.17, 15) is 4.39 Å². The molecule has 0 atom stereocenters. The first kappa shape index (κ1) is 16.1. The van der Waals surface area contributed by atoms with Gasteiger partial charge in [0.15, 0.2) is 4.96 Å². The Kier molecular flexibility index (Phi) is 3.87. The van der Waals surface area contributed by atoms with Crippen LogP contribution < -0.4 is 5.32 Å². The van der Waals surface area contributed by atoms with Gasteiger partial charge in [-0.2, -0.15) is 0 Å². The lowest BCUT2D eigenvalue weighted by molar-refractivity contribution is 0.631. The summed E-state index contributed by atoms with van der Waals surface area (Å²) < 4.78 is 17.9. The van der Waals surface area contributed by atoms with Crippen LogP contribution in [0.25, 0.3) is 26.4 Å². The molecule has 2 heterocycles. The van der Waals surface area contributed by atoms with Gasteiger partial charge >= 0.3 is 0 Å². The fourth-order valence-electron chi connectivity index (χ4n) is 3.81.